The van der Waals surface area contributed by atoms with E-state index < -0.39 is 24.2 Å². The largest absolute Gasteiger partial charge is 0.434 e. The minimum Gasteiger partial charge on any atom is -0.434 e. The van der Waals surface area contributed by atoms with E-state index in [2.05, 4.69) is 4.74 Å². The lowest BCUT2D eigenvalue weighted by atomic mass is 10.1. The summed E-state index contributed by atoms with van der Waals surface area (Å²) in [7, 11) is 0. The molecule has 144 valence electrons. The first-order valence-electron chi connectivity index (χ1n) is 8.44. The highest BCUT2D eigenvalue weighted by atomic mass is 19.3. The Morgan fingerprint density at radius 1 is 1.00 bits per heavy atom. The van der Waals surface area contributed by atoms with E-state index in [4.69, 9.17) is 0 Å². The lowest BCUT2D eigenvalue weighted by molar-refractivity contribution is -0.0503. The molecular formula is C19H18F4N2O2. The molecule has 4 nitrogen and oxygen atoms in total. The molecule has 3 rings (SSSR count). The van der Waals surface area contributed by atoms with Gasteiger partial charge in [0, 0.05) is 38.3 Å². The Labute approximate surface area is 153 Å². The second-order valence-electron chi connectivity index (χ2n) is 6.16. The van der Waals surface area contributed by atoms with Crippen LogP contribution in [0.15, 0.2) is 42.5 Å². The lowest BCUT2D eigenvalue weighted by Gasteiger charge is -2.35. The summed E-state index contributed by atoms with van der Waals surface area (Å²) in [6.45, 7) is -1.18. The van der Waals surface area contributed by atoms with Crippen molar-refractivity contribution >= 4 is 5.91 Å². The predicted octanol–water partition coefficient (Wildman–Crippen LogP) is 3.52. The Kier molecular flexibility index (Phi) is 5.95. The first-order chi connectivity index (χ1) is 13.0. The van der Waals surface area contributed by atoms with Crippen LogP contribution in [0.4, 0.5) is 17.6 Å². The second-order valence-corrected chi connectivity index (χ2v) is 6.16. The molecule has 0 atom stereocenters. The van der Waals surface area contributed by atoms with E-state index in [-0.39, 0.29) is 23.4 Å². The second kappa shape index (κ2) is 8.39. The molecule has 2 aromatic rings. The van der Waals surface area contributed by atoms with Crippen LogP contribution in [0, 0.1) is 11.6 Å². The molecular weight excluding hydrogens is 364 g/mol. The molecule has 0 bridgehead atoms. The molecule has 0 saturated carbocycles. The van der Waals surface area contributed by atoms with Crippen LogP contribution in [0.5, 0.6) is 5.75 Å². The summed E-state index contributed by atoms with van der Waals surface area (Å²) in [6.07, 6.45) is 0. The highest BCUT2D eigenvalue weighted by Crippen LogP contribution is 2.23. The fraction of sp³-hybridized carbons (Fsp3) is 0.316. The molecule has 1 aliphatic heterocycles. The molecule has 0 aromatic heterocycles. The first kappa shape index (κ1) is 19.2. The number of nitrogens with zero attached hydrogens (tertiary/aromatic N) is 2. The van der Waals surface area contributed by atoms with Crippen molar-refractivity contribution in [2.75, 3.05) is 26.2 Å². The normalized spacial score (nSPS) is 15.2. The molecule has 0 unspecified atom stereocenters. The number of para-hydroxylation sites is 1. The van der Waals surface area contributed by atoms with Gasteiger partial charge >= 0.3 is 6.61 Å². The van der Waals surface area contributed by atoms with Gasteiger partial charge in [0.1, 0.15) is 5.75 Å². The topological polar surface area (TPSA) is 32.8 Å². The summed E-state index contributed by atoms with van der Waals surface area (Å²) in [5.74, 6) is -2.32. The number of hydrogen-bond acceptors (Lipinski definition) is 3. The molecule has 0 aliphatic carbocycles. The van der Waals surface area contributed by atoms with Crippen LogP contribution in [0.3, 0.4) is 0 Å². The van der Waals surface area contributed by atoms with E-state index in [1.807, 2.05) is 4.90 Å². The highest BCUT2D eigenvalue weighted by Gasteiger charge is 2.25. The number of ether oxygens (including phenoxy) is 1. The Bertz CT molecular complexity index is 808. The van der Waals surface area contributed by atoms with E-state index in [0.29, 0.717) is 26.2 Å². The van der Waals surface area contributed by atoms with Crippen molar-refractivity contribution in [1.82, 2.24) is 9.80 Å². The van der Waals surface area contributed by atoms with Crippen LogP contribution >= 0.6 is 0 Å². The summed E-state index contributed by atoms with van der Waals surface area (Å²) < 4.78 is 56.5. The van der Waals surface area contributed by atoms with Gasteiger partial charge in [0.15, 0.2) is 11.6 Å². The molecule has 1 amide bonds. The van der Waals surface area contributed by atoms with Crippen LogP contribution < -0.4 is 4.74 Å². The third kappa shape index (κ3) is 4.57. The fourth-order valence-electron chi connectivity index (χ4n) is 3.03. The van der Waals surface area contributed by atoms with Crippen LogP contribution in [0.25, 0.3) is 0 Å². The van der Waals surface area contributed by atoms with Crippen molar-refractivity contribution in [3.8, 4) is 5.75 Å². The van der Waals surface area contributed by atoms with Gasteiger partial charge in [0.05, 0.1) is 5.56 Å². The highest BCUT2D eigenvalue weighted by molar-refractivity contribution is 5.97. The zero-order valence-corrected chi connectivity index (χ0v) is 14.4. The van der Waals surface area contributed by atoms with Gasteiger partial charge in [-0.25, -0.2) is 8.78 Å². The number of benzene rings is 2. The van der Waals surface area contributed by atoms with Crippen molar-refractivity contribution in [2.24, 2.45) is 0 Å². The Hall–Kier alpha value is -2.61. The van der Waals surface area contributed by atoms with Crippen molar-refractivity contribution in [3.05, 3.63) is 65.2 Å². The number of rotatable bonds is 5. The van der Waals surface area contributed by atoms with E-state index in [0.717, 1.165) is 6.07 Å². The number of amides is 1. The minimum atomic E-state index is -3.02. The van der Waals surface area contributed by atoms with Crippen molar-refractivity contribution in [3.63, 3.8) is 0 Å². The van der Waals surface area contributed by atoms with Crippen LogP contribution in [-0.2, 0) is 6.54 Å². The maximum absolute atomic E-state index is 13.8. The van der Waals surface area contributed by atoms with E-state index in [9.17, 15) is 22.4 Å². The summed E-state index contributed by atoms with van der Waals surface area (Å²) in [4.78, 5) is 16.1. The van der Waals surface area contributed by atoms with Crippen LogP contribution in [0.2, 0.25) is 0 Å². The molecule has 1 fully saturated rings. The van der Waals surface area contributed by atoms with Gasteiger partial charge < -0.3 is 9.64 Å². The average Bonchev–Trinajstić information content (AvgIpc) is 2.65. The molecule has 8 heteroatoms. The number of carbonyl (C=O) groups is 1. The lowest BCUT2D eigenvalue weighted by Crippen LogP contribution is -2.48. The standard InChI is InChI=1S/C19H18F4N2O2/c20-15-6-3-4-13(17(15)21)12-24-8-10-25(11-9-24)18(26)14-5-1-2-7-16(14)27-19(22)23/h1-7,19H,8-12H2. The molecule has 2 aromatic carbocycles. The fourth-order valence-corrected chi connectivity index (χ4v) is 3.03. The molecule has 27 heavy (non-hydrogen) atoms. The number of alkyl halides is 2. The Morgan fingerprint density at radius 3 is 2.41 bits per heavy atom. The third-order valence-electron chi connectivity index (χ3n) is 4.42. The number of piperazine rings is 1. The summed E-state index contributed by atoms with van der Waals surface area (Å²) in [5.41, 5.74) is 0.327. The minimum absolute atomic E-state index is 0.0717. The number of hydrogen-bond donors (Lipinski definition) is 0. The summed E-state index contributed by atoms with van der Waals surface area (Å²) in [5, 5.41) is 0. The zero-order chi connectivity index (χ0) is 19.4. The predicted molar refractivity (Wildman–Crippen MR) is 90.6 cm³/mol. The van der Waals surface area contributed by atoms with E-state index in [1.165, 1.54) is 35.2 Å². The van der Waals surface area contributed by atoms with Gasteiger partial charge in [0.25, 0.3) is 5.91 Å². The Balaban J connectivity index is 1.62. The molecule has 1 heterocycles. The van der Waals surface area contributed by atoms with Crippen molar-refractivity contribution in [2.45, 2.75) is 13.2 Å². The molecule has 0 spiro atoms. The smallest absolute Gasteiger partial charge is 0.387 e. The van der Waals surface area contributed by atoms with E-state index in [1.54, 1.807) is 6.07 Å². The molecule has 0 N–H and O–H groups in total. The van der Waals surface area contributed by atoms with Gasteiger partial charge in [-0.1, -0.05) is 24.3 Å². The first-order valence-corrected chi connectivity index (χ1v) is 8.44. The van der Waals surface area contributed by atoms with Gasteiger partial charge in [-0.15, -0.1) is 0 Å². The molecule has 1 aliphatic rings. The average molecular weight is 382 g/mol. The van der Waals surface area contributed by atoms with Gasteiger partial charge in [0.2, 0.25) is 0 Å². The maximum atomic E-state index is 13.8. The number of carbonyl (C=O) groups excluding carboxylic acids is 1. The van der Waals surface area contributed by atoms with Crippen molar-refractivity contribution in [1.29, 1.82) is 0 Å². The van der Waals surface area contributed by atoms with Crippen LogP contribution in [0.1, 0.15) is 15.9 Å². The third-order valence-corrected chi connectivity index (χ3v) is 4.42. The Morgan fingerprint density at radius 2 is 1.70 bits per heavy atom. The maximum Gasteiger partial charge on any atom is 0.387 e. The molecule has 0 radical (unpaired) electrons. The van der Waals surface area contributed by atoms with Gasteiger partial charge in [-0.05, 0) is 18.2 Å². The van der Waals surface area contributed by atoms with E-state index >= 15 is 0 Å². The molecule has 1 saturated heterocycles. The summed E-state index contributed by atoms with van der Waals surface area (Å²) in [6, 6.07) is 9.89. The quantitative estimate of drug-likeness (QED) is 0.742. The van der Waals surface area contributed by atoms with Gasteiger partial charge in [-0.2, -0.15) is 8.78 Å². The SMILES string of the molecule is O=C(c1ccccc1OC(F)F)N1CCN(Cc2cccc(F)c2F)CC1. The van der Waals surface area contributed by atoms with Crippen LogP contribution in [-0.4, -0.2) is 48.5 Å². The zero-order valence-electron chi connectivity index (χ0n) is 14.4. The summed E-state index contributed by atoms with van der Waals surface area (Å²) >= 11 is 0. The van der Waals surface area contributed by atoms with Crippen molar-refractivity contribution < 1.29 is 27.1 Å². The monoisotopic (exact) mass is 382 g/mol. The van der Waals surface area contributed by atoms with Gasteiger partial charge in [-0.3, -0.25) is 9.69 Å². The number of halogens is 4.